The second-order valence-electron chi connectivity index (χ2n) is 6.33. The molecule has 25 heavy (non-hydrogen) atoms. The van der Waals surface area contributed by atoms with Crippen molar-refractivity contribution in [2.24, 2.45) is 0 Å². The van der Waals surface area contributed by atoms with Crippen molar-refractivity contribution < 1.29 is 9.53 Å². The van der Waals surface area contributed by atoms with E-state index < -0.39 is 0 Å². The van der Waals surface area contributed by atoms with E-state index >= 15 is 0 Å². The van der Waals surface area contributed by atoms with Gasteiger partial charge in [-0.1, -0.05) is 6.07 Å². The summed E-state index contributed by atoms with van der Waals surface area (Å²) in [5.41, 5.74) is 2.22. The van der Waals surface area contributed by atoms with E-state index in [0.717, 1.165) is 24.4 Å². The molecule has 2 aromatic rings. The van der Waals surface area contributed by atoms with Gasteiger partial charge in [-0.25, -0.2) is 4.98 Å². The number of amides is 1. The molecule has 1 aliphatic heterocycles. The molecule has 0 aliphatic carbocycles. The Balaban J connectivity index is 1.69. The molecule has 0 bridgehead atoms. The fraction of sp³-hybridized carbons (Fsp3) is 0.421. The van der Waals surface area contributed by atoms with Crippen molar-refractivity contribution in [1.29, 1.82) is 5.26 Å². The average Bonchev–Trinajstić information content (AvgIpc) is 3.02. The van der Waals surface area contributed by atoms with Crippen LogP contribution in [0.4, 0.5) is 0 Å². The highest BCUT2D eigenvalue weighted by molar-refractivity contribution is 5.94. The number of aryl methyl sites for hydroxylation is 1. The Hall–Kier alpha value is -2.65. The van der Waals surface area contributed by atoms with E-state index in [0.29, 0.717) is 36.9 Å². The van der Waals surface area contributed by atoms with E-state index in [1.165, 1.54) is 0 Å². The van der Waals surface area contributed by atoms with Gasteiger partial charge in [-0.3, -0.25) is 4.79 Å². The third kappa shape index (κ3) is 3.57. The fourth-order valence-electron chi connectivity index (χ4n) is 3.46. The summed E-state index contributed by atoms with van der Waals surface area (Å²) in [4.78, 5) is 19.0. The first-order chi connectivity index (χ1) is 12.1. The number of methoxy groups -OCH3 is 1. The third-order valence-corrected chi connectivity index (χ3v) is 4.69. The molecule has 6 heteroatoms. The third-order valence-electron chi connectivity index (χ3n) is 4.69. The van der Waals surface area contributed by atoms with Crippen LogP contribution in [0, 0.1) is 18.3 Å². The lowest BCUT2D eigenvalue weighted by atomic mass is 10.0. The average molecular weight is 338 g/mol. The molecule has 0 atom stereocenters. The predicted octanol–water partition coefficient (Wildman–Crippen LogP) is 2.69. The van der Waals surface area contributed by atoms with E-state index in [2.05, 4.69) is 22.5 Å². The summed E-state index contributed by atoms with van der Waals surface area (Å²) in [5, 5.41) is 9.00. The summed E-state index contributed by atoms with van der Waals surface area (Å²) in [6, 6.07) is 9.31. The zero-order chi connectivity index (χ0) is 17.8. The minimum atomic E-state index is -0.00461. The van der Waals surface area contributed by atoms with Crippen LogP contribution in [0.3, 0.4) is 0 Å². The zero-order valence-electron chi connectivity index (χ0n) is 14.6. The Morgan fingerprint density at radius 2 is 2.16 bits per heavy atom. The van der Waals surface area contributed by atoms with E-state index in [-0.39, 0.29) is 5.91 Å². The lowest BCUT2D eigenvalue weighted by Gasteiger charge is -2.34. The molecule has 1 saturated heterocycles. The highest BCUT2D eigenvalue weighted by Gasteiger charge is 2.26. The molecule has 1 amide bonds. The molecule has 0 spiro atoms. The topological polar surface area (TPSA) is 71.2 Å². The molecule has 0 radical (unpaired) electrons. The van der Waals surface area contributed by atoms with Gasteiger partial charge in [-0.05, 0) is 38.0 Å². The number of nitrogens with zero attached hydrogens (tertiary/aromatic N) is 4. The molecule has 1 aliphatic rings. The molecule has 1 aromatic carbocycles. The summed E-state index contributed by atoms with van der Waals surface area (Å²) in [5.74, 6) is 0.932. The first-order valence-electron chi connectivity index (χ1n) is 8.45. The Labute approximate surface area is 147 Å². The van der Waals surface area contributed by atoms with Gasteiger partial charge >= 0.3 is 0 Å². The molecular formula is C19H22N4O2. The second kappa shape index (κ2) is 7.49. The van der Waals surface area contributed by atoms with Crippen LogP contribution < -0.4 is 0 Å². The van der Waals surface area contributed by atoms with Crippen molar-refractivity contribution in [1.82, 2.24) is 14.5 Å². The molecule has 2 heterocycles. The highest BCUT2D eigenvalue weighted by atomic mass is 16.5. The van der Waals surface area contributed by atoms with Crippen molar-refractivity contribution in [2.75, 3.05) is 20.2 Å². The van der Waals surface area contributed by atoms with Crippen molar-refractivity contribution in [3.05, 3.63) is 53.1 Å². The van der Waals surface area contributed by atoms with E-state index in [9.17, 15) is 4.79 Å². The summed E-state index contributed by atoms with van der Waals surface area (Å²) in [6.07, 6.45) is 3.65. The minimum absolute atomic E-state index is 0.00461. The largest absolute Gasteiger partial charge is 0.377 e. The van der Waals surface area contributed by atoms with Gasteiger partial charge in [0, 0.05) is 43.7 Å². The SMILES string of the molecule is COCc1ncc(C)n1C1CCN(C(=O)c2cccc(C#N)c2)CC1. The lowest BCUT2D eigenvalue weighted by Crippen LogP contribution is -2.39. The number of carbonyl (C=O) groups is 1. The van der Waals surface area contributed by atoms with Crippen LogP contribution in [-0.2, 0) is 11.3 Å². The maximum Gasteiger partial charge on any atom is 0.253 e. The van der Waals surface area contributed by atoms with Gasteiger partial charge in [-0.15, -0.1) is 0 Å². The molecule has 6 nitrogen and oxygen atoms in total. The number of carbonyl (C=O) groups excluding carboxylic acids is 1. The first kappa shape index (κ1) is 17.2. The summed E-state index contributed by atoms with van der Waals surface area (Å²) >= 11 is 0. The van der Waals surface area contributed by atoms with Crippen LogP contribution in [0.2, 0.25) is 0 Å². The number of rotatable bonds is 4. The second-order valence-corrected chi connectivity index (χ2v) is 6.33. The molecule has 0 saturated carbocycles. The number of hydrogen-bond acceptors (Lipinski definition) is 4. The normalized spacial score (nSPS) is 15.2. The Bertz CT molecular complexity index is 798. The summed E-state index contributed by atoms with van der Waals surface area (Å²) < 4.78 is 7.48. The zero-order valence-corrected chi connectivity index (χ0v) is 14.6. The van der Waals surface area contributed by atoms with Crippen LogP contribution >= 0.6 is 0 Å². The predicted molar refractivity (Wildman–Crippen MR) is 93.0 cm³/mol. The van der Waals surface area contributed by atoms with Crippen molar-refractivity contribution in [3.8, 4) is 6.07 Å². The van der Waals surface area contributed by atoms with Crippen molar-refractivity contribution in [2.45, 2.75) is 32.4 Å². The van der Waals surface area contributed by atoms with Gasteiger partial charge in [0.2, 0.25) is 0 Å². The first-order valence-corrected chi connectivity index (χ1v) is 8.45. The van der Waals surface area contributed by atoms with E-state index in [1.54, 1.807) is 31.4 Å². The van der Waals surface area contributed by atoms with Crippen LogP contribution in [0.15, 0.2) is 30.5 Å². The fourth-order valence-corrected chi connectivity index (χ4v) is 3.46. The number of ether oxygens (including phenoxy) is 1. The van der Waals surface area contributed by atoms with E-state index in [4.69, 9.17) is 10.00 Å². The van der Waals surface area contributed by atoms with Crippen LogP contribution in [0.25, 0.3) is 0 Å². The number of hydrogen-bond donors (Lipinski definition) is 0. The van der Waals surface area contributed by atoms with Gasteiger partial charge < -0.3 is 14.2 Å². The monoisotopic (exact) mass is 338 g/mol. The maximum atomic E-state index is 12.7. The maximum absolute atomic E-state index is 12.7. The highest BCUT2D eigenvalue weighted by Crippen LogP contribution is 2.27. The van der Waals surface area contributed by atoms with E-state index in [1.807, 2.05) is 11.1 Å². The number of likely N-dealkylation sites (tertiary alicyclic amines) is 1. The lowest BCUT2D eigenvalue weighted by molar-refractivity contribution is 0.0690. The van der Waals surface area contributed by atoms with Crippen LogP contribution in [-0.4, -0.2) is 40.6 Å². The Kier molecular flexibility index (Phi) is 5.15. The summed E-state index contributed by atoms with van der Waals surface area (Å²) in [6.45, 7) is 3.94. The Morgan fingerprint density at radius 1 is 1.40 bits per heavy atom. The standard InChI is InChI=1S/C19H22N4O2/c1-14-12-21-18(13-25-2)23(14)17-6-8-22(9-7-17)19(24)16-5-3-4-15(10-16)11-20/h3-5,10,12,17H,6-9,13H2,1-2H3. The number of benzene rings is 1. The Morgan fingerprint density at radius 3 is 2.84 bits per heavy atom. The number of nitriles is 1. The molecular weight excluding hydrogens is 316 g/mol. The van der Waals surface area contributed by atoms with Crippen molar-refractivity contribution >= 4 is 5.91 Å². The quantitative estimate of drug-likeness (QED) is 0.859. The number of piperidine rings is 1. The van der Waals surface area contributed by atoms with Gasteiger partial charge in [0.05, 0.1) is 11.6 Å². The smallest absolute Gasteiger partial charge is 0.253 e. The van der Waals surface area contributed by atoms with Crippen LogP contribution in [0.5, 0.6) is 0 Å². The molecule has 0 N–H and O–H groups in total. The van der Waals surface area contributed by atoms with Crippen LogP contribution in [0.1, 0.15) is 46.3 Å². The van der Waals surface area contributed by atoms with Gasteiger partial charge in [0.1, 0.15) is 12.4 Å². The van der Waals surface area contributed by atoms with Crippen molar-refractivity contribution in [3.63, 3.8) is 0 Å². The number of imidazole rings is 1. The summed E-state index contributed by atoms with van der Waals surface area (Å²) in [7, 11) is 1.67. The molecule has 1 fully saturated rings. The molecule has 0 unspecified atom stereocenters. The van der Waals surface area contributed by atoms with Gasteiger partial charge in [0.15, 0.2) is 0 Å². The minimum Gasteiger partial charge on any atom is -0.377 e. The van der Waals surface area contributed by atoms with Gasteiger partial charge in [-0.2, -0.15) is 5.26 Å². The molecule has 130 valence electrons. The molecule has 1 aromatic heterocycles. The molecule has 3 rings (SSSR count). The number of aromatic nitrogens is 2. The van der Waals surface area contributed by atoms with Gasteiger partial charge in [0.25, 0.3) is 5.91 Å².